The number of hydrogen-bond donors (Lipinski definition) is 1. The number of carbonyl (C=O) groups is 2. The zero-order valence-electron chi connectivity index (χ0n) is 23.9. The van der Waals surface area contributed by atoms with Crippen LogP contribution in [-0.4, -0.2) is 57.6 Å². The van der Waals surface area contributed by atoms with Gasteiger partial charge in [-0.3, -0.25) is 13.9 Å². The van der Waals surface area contributed by atoms with Crippen LogP contribution in [-0.2, 0) is 38.8 Å². The van der Waals surface area contributed by atoms with Crippen molar-refractivity contribution in [1.29, 1.82) is 0 Å². The van der Waals surface area contributed by atoms with Crippen LogP contribution in [0.2, 0.25) is 5.02 Å². The van der Waals surface area contributed by atoms with Gasteiger partial charge in [0.2, 0.25) is 21.8 Å². The lowest BCUT2D eigenvalue weighted by atomic mass is 10.0. The van der Waals surface area contributed by atoms with Crippen molar-refractivity contribution in [2.75, 3.05) is 30.8 Å². The maximum Gasteiger partial charge on any atom is 0.417 e. The number of alkyl halides is 3. The molecule has 3 aromatic carbocycles. The van der Waals surface area contributed by atoms with E-state index in [-0.39, 0.29) is 13.0 Å². The van der Waals surface area contributed by atoms with E-state index in [0.717, 1.165) is 24.0 Å². The molecule has 232 valence electrons. The Labute approximate surface area is 254 Å². The molecule has 2 amide bonds. The van der Waals surface area contributed by atoms with Gasteiger partial charge in [-0.05, 0) is 47.9 Å². The normalized spacial score (nSPS) is 12.3. The number of nitrogens with zero attached hydrogens (tertiary/aromatic N) is 2. The Morgan fingerprint density at radius 2 is 1.67 bits per heavy atom. The van der Waals surface area contributed by atoms with E-state index in [1.54, 1.807) is 54.6 Å². The van der Waals surface area contributed by atoms with Gasteiger partial charge in [-0.25, -0.2) is 8.42 Å². The smallest absolute Gasteiger partial charge is 0.417 e. The van der Waals surface area contributed by atoms with Crippen LogP contribution in [0.15, 0.2) is 72.8 Å². The second-order valence-corrected chi connectivity index (χ2v) is 12.1. The predicted molar refractivity (Wildman–Crippen MR) is 159 cm³/mol. The molecule has 3 rings (SSSR count). The van der Waals surface area contributed by atoms with Crippen molar-refractivity contribution in [2.45, 2.75) is 38.5 Å². The number of benzene rings is 3. The first-order valence-electron chi connectivity index (χ1n) is 13.3. The molecule has 0 aliphatic rings. The first-order valence-corrected chi connectivity index (χ1v) is 15.6. The minimum Gasteiger partial charge on any atom is -0.497 e. The number of methoxy groups -OCH3 is 1. The van der Waals surface area contributed by atoms with E-state index in [0.29, 0.717) is 34.7 Å². The molecule has 0 bridgehead atoms. The third kappa shape index (κ3) is 9.36. The third-order valence-electron chi connectivity index (χ3n) is 6.53. The average Bonchev–Trinajstić information content (AvgIpc) is 2.96. The van der Waals surface area contributed by atoms with Crippen LogP contribution in [0.3, 0.4) is 0 Å². The highest BCUT2D eigenvalue weighted by Crippen LogP contribution is 2.37. The minimum absolute atomic E-state index is 0.101. The zero-order valence-corrected chi connectivity index (χ0v) is 25.5. The fourth-order valence-corrected chi connectivity index (χ4v) is 5.45. The van der Waals surface area contributed by atoms with Crippen LogP contribution >= 0.6 is 11.6 Å². The van der Waals surface area contributed by atoms with Crippen LogP contribution in [0.25, 0.3) is 0 Å². The van der Waals surface area contributed by atoms with Gasteiger partial charge in [0, 0.05) is 19.5 Å². The number of hydrogen-bond acceptors (Lipinski definition) is 5. The summed E-state index contributed by atoms with van der Waals surface area (Å²) in [5.41, 5.74) is -0.313. The lowest BCUT2D eigenvalue weighted by Crippen LogP contribution is -2.53. The van der Waals surface area contributed by atoms with Gasteiger partial charge in [0.15, 0.2) is 0 Å². The van der Waals surface area contributed by atoms with E-state index < -0.39 is 56.9 Å². The Kier molecular flexibility index (Phi) is 11.5. The summed E-state index contributed by atoms with van der Waals surface area (Å²) in [4.78, 5) is 28.8. The molecule has 0 aromatic heterocycles. The zero-order chi connectivity index (χ0) is 31.8. The van der Waals surface area contributed by atoms with Crippen LogP contribution < -0.4 is 14.4 Å². The lowest BCUT2D eigenvalue weighted by Gasteiger charge is -2.33. The summed E-state index contributed by atoms with van der Waals surface area (Å²) in [5.74, 6) is -0.762. The van der Waals surface area contributed by atoms with Crippen molar-refractivity contribution in [2.24, 2.45) is 0 Å². The standard InChI is InChI=1S/C30H33ClF3N3O5S/c1-4-15-35-29(39)27(17-21-9-6-5-7-10-21)36(19-22-11-8-12-24(16-22)42-2)28(38)20-37(43(3,40)41)23-13-14-26(31)25(18-23)30(32,33)34/h5-14,16,18,27H,4,15,17,19-20H2,1-3H3,(H,35,39)/t27-/m0/s1. The molecule has 3 aromatic rings. The molecule has 13 heteroatoms. The second-order valence-electron chi connectivity index (χ2n) is 9.80. The van der Waals surface area contributed by atoms with E-state index in [2.05, 4.69) is 5.32 Å². The number of rotatable bonds is 13. The molecular weight excluding hydrogens is 607 g/mol. The van der Waals surface area contributed by atoms with Gasteiger partial charge in [-0.15, -0.1) is 0 Å². The SMILES string of the molecule is CCCNC(=O)[C@H](Cc1ccccc1)N(Cc1cccc(OC)c1)C(=O)CN(c1ccc(Cl)c(C(F)(F)F)c1)S(C)(=O)=O. The van der Waals surface area contributed by atoms with Gasteiger partial charge in [-0.2, -0.15) is 13.2 Å². The lowest BCUT2D eigenvalue weighted by molar-refractivity contribution is -0.140. The van der Waals surface area contributed by atoms with Crippen LogP contribution in [0.4, 0.5) is 18.9 Å². The molecule has 0 unspecified atom stereocenters. The molecule has 0 radical (unpaired) electrons. The quantitative estimate of drug-likeness (QED) is 0.274. The topological polar surface area (TPSA) is 96.0 Å². The molecule has 1 N–H and O–H groups in total. The molecule has 8 nitrogen and oxygen atoms in total. The first kappa shape index (κ1) is 33.7. The highest BCUT2D eigenvalue weighted by atomic mass is 35.5. The Balaban J connectivity index is 2.10. The molecule has 0 fully saturated rings. The minimum atomic E-state index is -4.86. The highest BCUT2D eigenvalue weighted by molar-refractivity contribution is 7.92. The molecule has 43 heavy (non-hydrogen) atoms. The second kappa shape index (κ2) is 14.6. The molecule has 1 atom stereocenters. The highest BCUT2D eigenvalue weighted by Gasteiger charge is 2.36. The van der Waals surface area contributed by atoms with E-state index >= 15 is 0 Å². The number of carbonyl (C=O) groups excluding carboxylic acids is 2. The monoisotopic (exact) mass is 639 g/mol. The molecule has 0 aliphatic carbocycles. The van der Waals surface area contributed by atoms with Crippen molar-refractivity contribution in [3.05, 3.63) is 94.5 Å². The predicted octanol–water partition coefficient (Wildman–Crippen LogP) is 5.30. The fourth-order valence-electron chi connectivity index (χ4n) is 4.39. The van der Waals surface area contributed by atoms with Gasteiger partial charge in [0.05, 0.1) is 29.6 Å². The van der Waals surface area contributed by atoms with E-state index in [4.69, 9.17) is 16.3 Å². The van der Waals surface area contributed by atoms with Crippen molar-refractivity contribution < 1.29 is 35.9 Å². The van der Waals surface area contributed by atoms with E-state index in [9.17, 15) is 31.2 Å². The first-order chi connectivity index (χ1) is 20.2. The Bertz CT molecular complexity index is 1520. The van der Waals surface area contributed by atoms with Gasteiger partial charge in [0.25, 0.3) is 0 Å². The summed E-state index contributed by atoms with van der Waals surface area (Å²) in [6, 6.07) is 17.3. The van der Waals surface area contributed by atoms with Crippen molar-refractivity contribution in [3.8, 4) is 5.75 Å². The molecule has 0 saturated carbocycles. The van der Waals surface area contributed by atoms with Crippen LogP contribution in [0.1, 0.15) is 30.0 Å². The van der Waals surface area contributed by atoms with Gasteiger partial charge in [0.1, 0.15) is 18.3 Å². The maximum atomic E-state index is 14.1. The van der Waals surface area contributed by atoms with E-state index in [1.807, 2.05) is 6.92 Å². The number of ether oxygens (including phenoxy) is 1. The number of anilines is 1. The number of sulfonamides is 1. The largest absolute Gasteiger partial charge is 0.497 e. The maximum absolute atomic E-state index is 14.1. The molecule has 0 saturated heterocycles. The van der Waals surface area contributed by atoms with Crippen molar-refractivity contribution in [1.82, 2.24) is 10.2 Å². The summed E-state index contributed by atoms with van der Waals surface area (Å²) in [5, 5.41) is 2.19. The molecule has 0 aliphatic heterocycles. The van der Waals surface area contributed by atoms with Crippen LogP contribution in [0.5, 0.6) is 5.75 Å². The fraction of sp³-hybridized carbons (Fsp3) is 0.333. The van der Waals surface area contributed by atoms with Gasteiger partial charge < -0.3 is 15.0 Å². The van der Waals surface area contributed by atoms with Crippen LogP contribution in [0, 0.1) is 0 Å². The molecule has 0 spiro atoms. The van der Waals surface area contributed by atoms with Crippen molar-refractivity contribution in [3.63, 3.8) is 0 Å². The van der Waals surface area contributed by atoms with Gasteiger partial charge in [-0.1, -0.05) is 61.0 Å². The summed E-state index contributed by atoms with van der Waals surface area (Å²) in [7, 11) is -2.79. The summed E-state index contributed by atoms with van der Waals surface area (Å²) >= 11 is 5.75. The molecular formula is C30H33ClF3N3O5S. The average molecular weight is 640 g/mol. The van der Waals surface area contributed by atoms with Crippen molar-refractivity contribution >= 4 is 39.1 Å². The number of amides is 2. The Morgan fingerprint density at radius 1 is 1.00 bits per heavy atom. The third-order valence-corrected chi connectivity index (χ3v) is 8.00. The number of nitrogens with one attached hydrogen (secondary N) is 1. The summed E-state index contributed by atoms with van der Waals surface area (Å²) in [6.07, 6.45) is -3.35. The molecule has 0 heterocycles. The number of halogens is 4. The summed E-state index contributed by atoms with van der Waals surface area (Å²) < 4.78 is 72.4. The Hall–Kier alpha value is -3.77. The Morgan fingerprint density at radius 3 is 2.28 bits per heavy atom. The van der Waals surface area contributed by atoms with E-state index in [1.165, 1.54) is 12.0 Å². The summed E-state index contributed by atoms with van der Waals surface area (Å²) in [6.45, 7) is 1.23. The van der Waals surface area contributed by atoms with Gasteiger partial charge >= 0.3 is 6.18 Å².